The fourth-order valence-electron chi connectivity index (χ4n) is 1.60. The second-order valence-corrected chi connectivity index (χ2v) is 4.81. The summed E-state index contributed by atoms with van der Waals surface area (Å²) in [6.07, 6.45) is 0.534. The van der Waals surface area contributed by atoms with E-state index in [9.17, 15) is 14.0 Å². The van der Waals surface area contributed by atoms with Crippen LogP contribution in [0.15, 0.2) is 18.2 Å². The quantitative estimate of drug-likeness (QED) is 0.810. The molecule has 1 aromatic carbocycles. The maximum absolute atomic E-state index is 12.8. The van der Waals surface area contributed by atoms with Gasteiger partial charge in [-0.15, -0.1) is 0 Å². The Balaban J connectivity index is 2.41. The summed E-state index contributed by atoms with van der Waals surface area (Å²) in [5.74, 6) is -1.63. The van der Waals surface area contributed by atoms with Crippen LogP contribution in [0.5, 0.6) is 0 Å². The molecule has 1 aromatic rings. The summed E-state index contributed by atoms with van der Waals surface area (Å²) >= 11 is 5.80. The number of hydrogen-bond acceptors (Lipinski definition) is 3. The number of nitrogens with one attached hydrogen (secondary N) is 1. The van der Waals surface area contributed by atoms with E-state index in [0.717, 1.165) is 6.07 Å². The van der Waals surface area contributed by atoms with E-state index in [0.29, 0.717) is 18.7 Å². The smallest absolute Gasteiger partial charge is 0.303 e. The van der Waals surface area contributed by atoms with Gasteiger partial charge in [0.05, 0.1) is 17.3 Å². The van der Waals surface area contributed by atoms with Crippen molar-refractivity contribution in [1.29, 1.82) is 0 Å². The van der Waals surface area contributed by atoms with E-state index in [4.69, 9.17) is 16.7 Å². The van der Waals surface area contributed by atoms with Crippen LogP contribution in [-0.4, -0.2) is 42.0 Å². The number of halogens is 2. The Morgan fingerprint density at radius 1 is 1.45 bits per heavy atom. The number of carboxylic acid groups (broad SMARTS) is 1. The highest BCUT2D eigenvalue weighted by Crippen LogP contribution is 2.22. The summed E-state index contributed by atoms with van der Waals surface area (Å²) in [4.78, 5) is 23.8. The van der Waals surface area contributed by atoms with Gasteiger partial charge in [-0.2, -0.15) is 0 Å². The van der Waals surface area contributed by atoms with E-state index in [1.807, 2.05) is 0 Å². The average molecular weight is 303 g/mol. The SMILES string of the molecule is CN(CCCC(=O)O)CC(=O)Nc1ccc(F)cc1Cl. The van der Waals surface area contributed by atoms with Crippen LogP contribution in [0.2, 0.25) is 5.02 Å². The molecule has 0 aliphatic rings. The van der Waals surface area contributed by atoms with Gasteiger partial charge in [-0.1, -0.05) is 11.6 Å². The van der Waals surface area contributed by atoms with Crippen molar-refractivity contribution in [3.05, 3.63) is 29.0 Å². The number of carbonyl (C=O) groups excluding carboxylic acids is 1. The average Bonchev–Trinajstić information content (AvgIpc) is 2.32. The number of likely N-dealkylation sites (N-methyl/N-ethyl adjacent to an activating group) is 1. The van der Waals surface area contributed by atoms with Gasteiger partial charge in [0.15, 0.2) is 0 Å². The fraction of sp³-hybridized carbons (Fsp3) is 0.385. The van der Waals surface area contributed by atoms with E-state index < -0.39 is 11.8 Å². The predicted octanol–water partition coefficient (Wildman–Crippen LogP) is 2.21. The largest absolute Gasteiger partial charge is 0.481 e. The van der Waals surface area contributed by atoms with Gasteiger partial charge in [0.25, 0.3) is 0 Å². The monoisotopic (exact) mass is 302 g/mol. The minimum absolute atomic E-state index is 0.0652. The zero-order valence-corrected chi connectivity index (χ0v) is 11.8. The lowest BCUT2D eigenvalue weighted by Gasteiger charge is -2.16. The third-order valence-electron chi connectivity index (χ3n) is 2.55. The normalized spacial score (nSPS) is 10.6. The first-order valence-corrected chi connectivity index (χ1v) is 6.41. The van der Waals surface area contributed by atoms with E-state index >= 15 is 0 Å². The molecule has 2 N–H and O–H groups in total. The lowest BCUT2D eigenvalue weighted by Crippen LogP contribution is -2.31. The van der Waals surface area contributed by atoms with Crippen molar-refractivity contribution >= 4 is 29.2 Å². The fourth-order valence-corrected chi connectivity index (χ4v) is 1.82. The highest BCUT2D eigenvalue weighted by atomic mass is 35.5. The molecule has 5 nitrogen and oxygen atoms in total. The highest BCUT2D eigenvalue weighted by Gasteiger charge is 2.10. The van der Waals surface area contributed by atoms with E-state index in [1.165, 1.54) is 12.1 Å². The van der Waals surface area contributed by atoms with Crippen LogP contribution < -0.4 is 5.32 Å². The molecule has 0 spiro atoms. The number of carboxylic acids is 1. The molecule has 0 bridgehead atoms. The van der Waals surface area contributed by atoms with Crippen LogP contribution in [0.4, 0.5) is 10.1 Å². The molecule has 0 heterocycles. The van der Waals surface area contributed by atoms with Crippen molar-refractivity contribution in [1.82, 2.24) is 4.90 Å². The van der Waals surface area contributed by atoms with Gasteiger partial charge in [-0.3, -0.25) is 14.5 Å². The van der Waals surface area contributed by atoms with Crippen molar-refractivity contribution in [2.45, 2.75) is 12.8 Å². The predicted molar refractivity (Wildman–Crippen MR) is 74.4 cm³/mol. The molecular weight excluding hydrogens is 287 g/mol. The van der Waals surface area contributed by atoms with Crippen LogP contribution in [0.25, 0.3) is 0 Å². The highest BCUT2D eigenvalue weighted by molar-refractivity contribution is 6.33. The van der Waals surface area contributed by atoms with Gasteiger partial charge in [0, 0.05) is 6.42 Å². The summed E-state index contributed by atoms with van der Waals surface area (Å²) in [6, 6.07) is 3.71. The van der Waals surface area contributed by atoms with Crippen molar-refractivity contribution in [3.63, 3.8) is 0 Å². The second-order valence-electron chi connectivity index (χ2n) is 4.41. The molecule has 0 aliphatic carbocycles. The minimum Gasteiger partial charge on any atom is -0.481 e. The van der Waals surface area contributed by atoms with Gasteiger partial charge in [0.1, 0.15) is 5.82 Å². The van der Waals surface area contributed by atoms with Crippen molar-refractivity contribution in [2.24, 2.45) is 0 Å². The number of anilines is 1. The Hall–Kier alpha value is -1.66. The molecule has 0 aliphatic heterocycles. The summed E-state index contributed by atoms with van der Waals surface area (Å²) < 4.78 is 12.8. The van der Waals surface area contributed by atoms with Gasteiger partial charge in [-0.05, 0) is 38.2 Å². The topological polar surface area (TPSA) is 69.6 Å². The molecule has 20 heavy (non-hydrogen) atoms. The van der Waals surface area contributed by atoms with E-state index in [1.54, 1.807) is 11.9 Å². The number of carbonyl (C=O) groups is 2. The second kappa shape index (κ2) is 7.81. The molecular formula is C13H16ClFN2O3. The molecule has 0 aromatic heterocycles. The third kappa shape index (κ3) is 5.99. The molecule has 1 amide bonds. The zero-order valence-electron chi connectivity index (χ0n) is 11.0. The van der Waals surface area contributed by atoms with Crippen LogP contribution in [0.1, 0.15) is 12.8 Å². The molecule has 0 unspecified atom stereocenters. The molecule has 7 heteroatoms. The molecule has 0 radical (unpaired) electrons. The molecule has 110 valence electrons. The summed E-state index contributed by atoms with van der Waals surface area (Å²) in [5, 5.41) is 11.2. The van der Waals surface area contributed by atoms with Gasteiger partial charge in [0.2, 0.25) is 5.91 Å². The minimum atomic E-state index is -0.860. The lowest BCUT2D eigenvalue weighted by atomic mass is 10.3. The Morgan fingerprint density at radius 3 is 2.75 bits per heavy atom. The van der Waals surface area contributed by atoms with Crippen LogP contribution in [-0.2, 0) is 9.59 Å². The summed E-state index contributed by atoms with van der Waals surface area (Å²) in [5.41, 5.74) is 0.344. The molecule has 1 rings (SSSR count). The first kappa shape index (κ1) is 16.4. The lowest BCUT2D eigenvalue weighted by molar-refractivity contribution is -0.137. The zero-order chi connectivity index (χ0) is 15.1. The molecule has 0 saturated carbocycles. The molecule has 0 atom stereocenters. The number of benzene rings is 1. The third-order valence-corrected chi connectivity index (χ3v) is 2.86. The van der Waals surface area contributed by atoms with E-state index in [-0.39, 0.29) is 23.9 Å². The van der Waals surface area contributed by atoms with Crippen molar-refractivity contribution < 1.29 is 19.1 Å². The summed E-state index contributed by atoms with van der Waals surface area (Å²) in [6.45, 7) is 0.601. The molecule has 0 saturated heterocycles. The number of rotatable bonds is 7. The van der Waals surface area contributed by atoms with Crippen LogP contribution >= 0.6 is 11.6 Å². The Kier molecular flexibility index (Phi) is 6.41. The Bertz CT molecular complexity index is 497. The van der Waals surface area contributed by atoms with E-state index in [2.05, 4.69) is 5.32 Å². The first-order chi connectivity index (χ1) is 9.38. The van der Waals surface area contributed by atoms with Gasteiger partial charge >= 0.3 is 5.97 Å². The summed E-state index contributed by atoms with van der Waals surface area (Å²) in [7, 11) is 1.72. The van der Waals surface area contributed by atoms with Gasteiger partial charge in [-0.25, -0.2) is 4.39 Å². The maximum atomic E-state index is 12.8. The number of hydrogen-bond donors (Lipinski definition) is 2. The maximum Gasteiger partial charge on any atom is 0.303 e. The van der Waals surface area contributed by atoms with Crippen molar-refractivity contribution in [3.8, 4) is 0 Å². The number of aliphatic carboxylic acids is 1. The number of nitrogens with zero attached hydrogens (tertiary/aromatic N) is 1. The number of amides is 1. The standard InChI is InChI=1S/C13H16ClFN2O3/c1-17(6-2-3-13(19)20)8-12(18)16-11-5-4-9(15)7-10(11)14/h4-5,7H,2-3,6,8H2,1H3,(H,16,18)(H,19,20). The molecule has 0 fully saturated rings. The van der Waals surface area contributed by atoms with Crippen molar-refractivity contribution in [2.75, 3.05) is 25.5 Å². The Labute approximate surface area is 121 Å². The Morgan fingerprint density at radius 2 is 2.15 bits per heavy atom. The van der Waals surface area contributed by atoms with Crippen LogP contribution in [0.3, 0.4) is 0 Å². The van der Waals surface area contributed by atoms with Gasteiger partial charge < -0.3 is 10.4 Å². The first-order valence-electron chi connectivity index (χ1n) is 6.03. The van der Waals surface area contributed by atoms with Crippen LogP contribution in [0, 0.1) is 5.82 Å².